The number of anilines is 1. The zero-order chi connectivity index (χ0) is 12.3. The number of rotatable bonds is 3. The quantitative estimate of drug-likeness (QED) is 0.443. The fraction of sp³-hybridized carbons (Fsp3) is 0.364. The second-order valence-corrected chi connectivity index (χ2v) is 4.24. The van der Waals surface area contributed by atoms with Crippen LogP contribution in [0.25, 0.3) is 0 Å². The molecule has 0 bridgehead atoms. The van der Waals surface area contributed by atoms with Gasteiger partial charge in [0, 0.05) is 0 Å². The van der Waals surface area contributed by atoms with Crippen molar-refractivity contribution in [2.45, 2.75) is 19.4 Å². The number of aliphatic hydroxyl groups excluding tert-OH is 1. The number of aliphatic hydroxyl groups is 1. The lowest BCUT2D eigenvalue weighted by Gasteiger charge is -2.23. The Morgan fingerprint density at radius 1 is 1.50 bits per heavy atom. The second kappa shape index (κ2) is 4.40. The highest BCUT2D eigenvalue weighted by molar-refractivity contribution is 5.98. The summed E-state index contributed by atoms with van der Waals surface area (Å²) in [7, 11) is 0. The molecule has 5 heteroatoms. The highest BCUT2D eigenvalue weighted by Crippen LogP contribution is 2.24. The van der Waals surface area contributed by atoms with Gasteiger partial charge >= 0.3 is 0 Å². The molecule has 0 atom stereocenters. The van der Waals surface area contributed by atoms with Crippen LogP contribution < -0.4 is 11.1 Å². The predicted molar refractivity (Wildman–Crippen MR) is 61.2 cm³/mol. The van der Waals surface area contributed by atoms with E-state index in [0.717, 1.165) is 0 Å². The predicted octanol–water partition coefficient (Wildman–Crippen LogP) is 0.475. The number of phenolic OH excluding ortho intramolecular Hbond substituents is 1. The lowest BCUT2D eigenvalue weighted by Crippen LogP contribution is -2.46. The minimum atomic E-state index is -0.742. The molecule has 0 heterocycles. The number of phenols is 1. The van der Waals surface area contributed by atoms with Gasteiger partial charge in [-0.15, -0.1) is 0 Å². The molecule has 0 aliphatic carbocycles. The van der Waals surface area contributed by atoms with E-state index in [4.69, 9.17) is 10.8 Å². The van der Waals surface area contributed by atoms with Crippen LogP contribution in [0.5, 0.6) is 5.75 Å². The van der Waals surface area contributed by atoms with Gasteiger partial charge in [-0.25, -0.2) is 0 Å². The van der Waals surface area contributed by atoms with E-state index in [0.29, 0.717) is 0 Å². The Kier molecular flexibility index (Phi) is 3.39. The Morgan fingerprint density at radius 3 is 2.69 bits per heavy atom. The van der Waals surface area contributed by atoms with E-state index < -0.39 is 11.4 Å². The van der Waals surface area contributed by atoms with E-state index in [1.807, 2.05) is 0 Å². The maximum absolute atomic E-state index is 11.8. The number of carbonyl (C=O) groups excluding carboxylic acids is 1. The minimum absolute atomic E-state index is 0.0986. The first-order valence-corrected chi connectivity index (χ1v) is 4.88. The standard InChI is InChI=1S/C11H16N2O3/c1-11(2,6-14)13-10(16)7-4-3-5-8(12)9(7)15/h3-5,14-15H,6,12H2,1-2H3,(H,13,16). The lowest BCUT2D eigenvalue weighted by molar-refractivity contribution is 0.0867. The first-order valence-electron chi connectivity index (χ1n) is 4.88. The third-order valence-corrected chi connectivity index (χ3v) is 2.16. The number of hydrogen-bond donors (Lipinski definition) is 4. The molecule has 1 aromatic rings. The Hall–Kier alpha value is -1.75. The summed E-state index contributed by atoms with van der Waals surface area (Å²) in [6.45, 7) is 3.16. The molecule has 0 fully saturated rings. The zero-order valence-electron chi connectivity index (χ0n) is 9.32. The summed E-state index contributed by atoms with van der Waals surface area (Å²) in [4.78, 5) is 11.8. The molecule has 0 radical (unpaired) electrons. The summed E-state index contributed by atoms with van der Waals surface area (Å²) >= 11 is 0. The van der Waals surface area contributed by atoms with Crippen LogP contribution >= 0.6 is 0 Å². The van der Waals surface area contributed by atoms with E-state index in [1.54, 1.807) is 19.9 Å². The third kappa shape index (κ3) is 2.64. The van der Waals surface area contributed by atoms with Gasteiger partial charge in [-0.2, -0.15) is 0 Å². The van der Waals surface area contributed by atoms with Gasteiger partial charge in [0.15, 0.2) is 5.75 Å². The number of hydrogen-bond acceptors (Lipinski definition) is 4. The molecule has 16 heavy (non-hydrogen) atoms. The molecule has 5 nitrogen and oxygen atoms in total. The number of para-hydroxylation sites is 1. The van der Waals surface area contributed by atoms with Gasteiger partial charge < -0.3 is 21.3 Å². The number of nitrogens with two attached hydrogens (primary N) is 1. The Morgan fingerprint density at radius 2 is 2.12 bits per heavy atom. The summed E-state index contributed by atoms with van der Waals surface area (Å²) in [5.41, 5.74) is 4.98. The molecule has 0 spiro atoms. The highest BCUT2D eigenvalue weighted by atomic mass is 16.3. The molecule has 88 valence electrons. The van der Waals surface area contributed by atoms with Gasteiger partial charge in [-0.3, -0.25) is 4.79 Å². The van der Waals surface area contributed by atoms with Crippen LogP contribution in [-0.4, -0.2) is 28.3 Å². The molecule has 0 aliphatic heterocycles. The van der Waals surface area contributed by atoms with Crippen molar-refractivity contribution in [3.05, 3.63) is 23.8 Å². The Bertz CT molecular complexity index is 402. The van der Waals surface area contributed by atoms with Crippen molar-refractivity contribution >= 4 is 11.6 Å². The normalized spacial score (nSPS) is 11.2. The molecule has 1 amide bonds. The van der Waals surface area contributed by atoms with Crippen molar-refractivity contribution in [3.63, 3.8) is 0 Å². The maximum atomic E-state index is 11.8. The monoisotopic (exact) mass is 224 g/mol. The number of nitrogen functional groups attached to an aromatic ring is 1. The molecule has 0 unspecified atom stereocenters. The van der Waals surface area contributed by atoms with E-state index >= 15 is 0 Å². The van der Waals surface area contributed by atoms with E-state index in [2.05, 4.69) is 5.32 Å². The molecule has 1 rings (SSSR count). The van der Waals surface area contributed by atoms with Gasteiger partial charge in [0.1, 0.15) is 0 Å². The molecular weight excluding hydrogens is 208 g/mol. The number of amides is 1. The molecular formula is C11H16N2O3. The van der Waals surface area contributed by atoms with Gasteiger partial charge in [0.25, 0.3) is 5.91 Å². The van der Waals surface area contributed by atoms with Crippen molar-refractivity contribution in [2.24, 2.45) is 0 Å². The van der Waals surface area contributed by atoms with Crippen molar-refractivity contribution in [2.75, 3.05) is 12.3 Å². The van der Waals surface area contributed by atoms with Crippen LogP contribution in [0.15, 0.2) is 18.2 Å². The smallest absolute Gasteiger partial charge is 0.255 e. The fourth-order valence-corrected chi connectivity index (χ4v) is 1.16. The average Bonchev–Trinajstić information content (AvgIpc) is 2.21. The summed E-state index contributed by atoms with van der Waals surface area (Å²) in [5.74, 6) is -0.711. The number of carbonyl (C=O) groups is 1. The zero-order valence-corrected chi connectivity index (χ0v) is 9.32. The maximum Gasteiger partial charge on any atom is 0.255 e. The molecule has 1 aromatic carbocycles. The first-order chi connectivity index (χ1) is 7.37. The summed E-state index contributed by atoms with van der Waals surface area (Å²) in [6.07, 6.45) is 0. The van der Waals surface area contributed by atoms with Crippen LogP contribution in [0.2, 0.25) is 0 Å². The highest BCUT2D eigenvalue weighted by Gasteiger charge is 2.22. The van der Waals surface area contributed by atoms with Crippen molar-refractivity contribution in [1.82, 2.24) is 5.32 Å². The van der Waals surface area contributed by atoms with E-state index in [1.165, 1.54) is 12.1 Å². The summed E-state index contributed by atoms with van der Waals surface area (Å²) in [5, 5.41) is 21.2. The van der Waals surface area contributed by atoms with E-state index in [9.17, 15) is 9.90 Å². The molecule has 0 saturated heterocycles. The molecule has 0 saturated carbocycles. The topological polar surface area (TPSA) is 95.6 Å². The van der Waals surface area contributed by atoms with Crippen molar-refractivity contribution in [3.8, 4) is 5.75 Å². The van der Waals surface area contributed by atoms with E-state index in [-0.39, 0.29) is 23.6 Å². The summed E-state index contributed by atoms with van der Waals surface area (Å²) < 4.78 is 0. The molecule has 5 N–H and O–H groups in total. The van der Waals surface area contributed by atoms with Crippen LogP contribution in [0.1, 0.15) is 24.2 Å². The van der Waals surface area contributed by atoms with Crippen LogP contribution in [0.3, 0.4) is 0 Å². The Labute approximate surface area is 93.9 Å². The van der Waals surface area contributed by atoms with Crippen LogP contribution in [0, 0.1) is 0 Å². The largest absolute Gasteiger partial charge is 0.505 e. The van der Waals surface area contributed by atoms with Crippen molar-refractivity contribution < 1.29 is 15.0 Å². The first kappa shape index (κ1) is 12.3. The SMILES string of the molecule is CC(C)(CO)NC(=O)c1cccc(N)c1O. The lowest BCUT2D eigenvalue weighted by atomic mass is 10.1. The second-order valence-electron chi connectivity index (χ2n) is 4.24. The van der Waals surface area contributed by atoms with Gasteiger partial charge in [0.05, 0.1) is 23.4 Å². The van der Waals surface area contributed by atoms with Gasteiger partial charge in [-0.05, 0) is 26.0 Å². The molecule has 0 aromatic heterocycles. The fourth-order valence-electron chi connectivity index (χ4n) is 1.16. The van der Waals surface area contributed by atoms with Gasteiger partial charge in [0.2, 0.25) is 0 Å². The number of nitrogens with one attached hydrogen (secondary N) is 1. The number of aromatic hydroxyl groups is 1. The number of benzene rings is 1. The Balaban J connectivity index is 2.94. The summed E-state index contributed by atoms with van der Waals surface area (Å²) in [6, 6.07) is 4.55. The van der Waals surface area contributed by atoms with Crippen LogP contribution in [-0.2, 0) is 0 Å². The minimum Gasteiger partial charge on any atom is -0.505 e. The molecule has 0 aliphatic rings. The van der Waals surface area contributed by atoms with Gasteiger partial charge in [-0.1, -0.05) is 6.07 Å². The van der Waals surface area contributed by atoms with Crippen molar-refractivity contribution in [1.29, 1.82) is 0 Å². The van der Waals surface area contributed by atoms with Crippen LogP contribution in [0.4, 0.5) is 5.69 Å². The third-order valence-electron chi connectivity index (χ3n) is 2.16. The average molecular weight is 224 g/mol.